The summed E-state index contributed by atoms with van der Waals surface area (Å²) in [5.74, 6) is 0. The number of rotatable bonds is 18. The Labute approximate surface area is 165 Å². The summed E-state index contributed by atoms with van der Waals surface area (Å²) in [6.07, 6.45) is 28.0. The molecule has 2 nitrogen and oxygen atoms in total. The lowest BCUT2D eigenvalue weighted by Crippen LogP contribution is -2.38. The molecule has 1 rings (SSSR count). The lowest BCUT2D eigenvalue weighted by molar-refractivity contribution is 0.143. The molecule has 1 aliphatic heterocycles. The van der Waals surface area contributed by atoms with E-state index in [0.717, 1.165) is 6.54 Å². The third-order valence-corrected chi connectivity index (χ3v) is 5.92. The van der Waals surface area contributed by atoms with Crippen LogP contribution in [0.2, 0.25) is 0 Å². The van der Waals surface area contributed by atoms with Gasteiger partial charge in [-0.2, -0.15) is 0 Å². The van der Waals surface area contributed by atoms with Gasteiger partial charge in [-0.3, -0.25) is 0 Å². The van der Waals surface area contributed by atoms with Gasteiger partial charge in [0, 0.05) is 25.5 Å². The summed E-state index contributed by atoms with van der Waals surface area (Å²) in [5, 5.41) is 0. The molecule has 154 valence electrons. The van der Waals surface area contributed by atoms with Gasteiger partial charge in [-0.1, -0.05) is 97.3 Å². The Morgan fingerprint density at radius 1 is 0.538 bits per heavy atom. The highest BCUT2D eigenvalue weighted by Crippen LogP contribution is 2.22. The van der Waals surface area contributed by atoms with Crippen LogP contribution in [-0.2, 0) is 0 Å². The van der Waals surface area contributed by atoms with Gasteiger partial charge in [0.05, 0.1) is 0 Å². The van der Waals surface area contributed by atoms with E-state index in [9.17, 15) is 0 Å². The largest absolute Gasteiger partial charge is 0.356 e. The van der Waals surface area contributed by atoms with Crippen molar-refractivity contribution in [1.29, 1.82) is 0 Å². The SMILES string of the molecule is CCCCCCCCCCCCCCCC1N(CC)C=CN1CCCC. The van der Waals surface area contributed by atoms with Crippen molar-refractivity contribution in [3.63, 3.8) is 0 Å². The molecule has 26 heavy (non-hydrogen) atoms. The van der Waals surface area contributed by atoms with E-state index in [-0.39, 0.29) is 0 Å². The predicted octanol–water partition coefficient (Wildman–Crippen LogP) is 7.70. The highest BCUT2D eigenvalue weighted by Gasteiger charge is 2.23. The predicted molar refractivity (Wildman–Crippen MR) is 117 cm³/mol. The molecule has 0 radical (unpaired) electrons. The zero-order valence-corrected chi connectivity index (χ0v) is 18.4. The molecule has 1 aliphatic rings. The van der Waals surface area contributed by atoms with E-state index in [0.29, 0.717) is 6.17 Å². The van der Waals surface area contributed by atoms with Crippen molar-refractivity contribution in [2.75, 3.05) is 13.1 Å². The minimum atomic E-state index is 0.638. The Balaban J connectivity index is 1.94. The average molecular weight is 365 g/mol. The summed E-state index contributed by atoms with van der Waals surface area (Å²) in [4.78, 5) is 5.10. The molecule has 0 aliphatic carbocycles. The van der Waals surface area contributed by atoms with Crippen molar-refractivity contribution in [2.45, 2.75) is 130 Å². The zero-order valence-electron chi connectivity index (χ0n) is 18.4. The van der Waals surface area contributed by atoms with Crippen molar-refractivity contribution in [2.24, 2.45) is 0 Å². The van der Waals surface area contributed by atoms with Gasteiger partial charge in [0.25, 0.3) is 0 Å². The van der Waals surface area contributed by atoms with E-state index in [1.807, 2.05) is 0 Å². The summed E-state index contributed by atoms with van der Waals surface area (Å²) < 4.78 is 0. The normalized spacial score (nSPS) is 16.8. The summed E-state index contributed by atoms with van der Waals surface area (Å²) in [7, 11) is 0. The molecular formula is C24H48N2. The first-order chi connectivity index (χ1) is 12.8. The van der Waals surface area contributed by atoms with Crippen molar-refractivity contribution < 1.29 is 0 Å². The van der Waals surface area contributed by atoms with E-state index in [2.05, 4.69) is 43.0 Å². The standard InChI is InChI=1S/C24H48N2/c1-4-7-9-10-11-12-13-14-15-16-17-18-19-20-24-25(6-3)22-23-26(24)21-8-5-2/h22-24H,4-21H2,1-3H3. The zero-order chi connectivity index (χ0) is 18.9. The highest BCUT2D eigenvalue weighted by atomic mass is 15.4. The Morgan fingerprint density at radius 3 is 1.50 bits per heavy atom. The van der Waals surface area contributed by atoms with Crippen LogP contribution in [0.3, 0.4) is 0 Å². The lowest BCUT2D eigenvalue weighted by atomic mass is 10.0. The maximum Gasteiger partial charge on any atom is 0.101 e. The Hall–Kier alpha value is -0.660. The van der Waals surface area contributed by atoms with Crippen LogP contribution in [0.15, 0.2) is 12.4 Å². The van der Waals surface area contributed by atoms with E-state index in [4.69, 9.17) is 0 Å². The molecule has 0 aromatic heterocycles. The molecule has 0 spiro atoms. The maximum atomic E-state index is 2.58. The van der Waals surface area contributed by atoms with Gasteiger partial charge in [-0.15, -0.1) is 0 Å². The summed E-state index contributed by atoms with van der Waals surface area (Å²) >= 11 is 0. The van der Waals surface area contributed by atoms with Gasteiger partial charge in [0.1, 0.15) is 6.17 Å². The van der Waals surface area contributed by atoms with Crippen molar-refractivity contribution in [3.8, 4) is 0 Å². The smallest absolute Gasteiger partial charge is 0.101 e. The first-order valence-electron chi connectivity index (χ1n) is 12.0. The van der Waals surface area contributed by atoms with Gasteiger partial charge in [0.15, 0.2) is 0 Å². The molecule has 0 saturated carbocycles. The molecule has 1 atom stereocenters. The molecular weight excluding hydrogens is 316 g/mol. The van der Waals surface area contributed by atoms with Gasteiger partial charge in [0.2, 0.25) is 0 Å². The third kappa shape index (κ3) is 10.5. The fourth-order valence-electron chi connectivity index (χ4n) is 4.12. The first kappa shape index (κ1) is 23.4. The molecule has 2 heteroatoms. The Bertz CT molecular complexity index is 326. The van der Waals surface area contributed by atoms with Gasteiger partial charge < -0.3 is 9.80 Å². The van der Waals surface area contributed by atoms with Crippen LogP contribution < -0.4 is 0 Å². The first-order valence-corrected chi connectivity index (χ1v) is 12.0. The van der Waals surface area contributed by atoms with Crippen LogP contribution >= 0.6 is 0 Å². The van der Waals surface area contributed by atoms with Crippen molar-refractivity contribution >= 4 is 0 Å². The van der Waals surface area contributed by atoms with Crippen molar-refractivity contribution in [1.82, 2.24) is 9.80 Å². The number of nitrogens with zero attached hydrogens (tertiary/aromatic N) is 2. The molecule has 0 N–H and O–H groups in total. The average Bonchev–Trinajstić information content (AvgIpc) is 3.05. The van der Waals surface area contributed by atoms with Gasteiger partial charge in [-0.05, 0) is 26.2 Å². The number of unbranched alkanes of at least 4 members (excludes halogenated alkanes) is 13. The third-order valence-electron chi connectivity index (χ3n) is 5.92. The lowest BCUT2D eigenvalue weighted by Gasteiger charge is -2.32. The topological polar surface area (TPSA) is 6.48 Å². The summed E-state index contributed by atoms with van der Waals surface area (Å²) in [6, 6.07) is 0. The van der Waals surface area contributed by atoms with E-state index < -0.39 is 0 Å². The monoisotopic (exact) mass is 364 g/mol. The van der Waals surface area contributed by atoms with E-state index >= 15 is 0 Å². The van der Waals surface area contributed by atoms with Crippen LogP contribution in [0.4, 0.5) is 0 Å². The fourth-order valence-corrected chi connectivity index (χ4v) is 4.12. The number of hydrogen-bond acceptors (Lipinski definition) is 2. The molecule has 0 amide bonds. The van der Waals surface area contributed by atoms with Crippen LogP contribution in [-0.4, -0.2) is 29.1 Å². The second-order valence-corrected chi connectivity index (χ2v) is 8.23. The molecule has 1 heterocycles. The van der Waals surface area contributed by atoms with Crippen LogP contribution in [0.5, 0.6) is 0 Å². The molecule has 1 unspecified atom stereocenters. The second kappa shape index (κ2) is 16.5. The summed E-state index contributed by atoms with van der Waals surface area (Å²) in [6.45, 7) is 9.24. The molecule has 0 fully saturated rings. The fraction of sp³-hybridized carbons (Fsp3) is 0.917. The maximum absolute atomic E-state index is 2.58. The van der Waals surface area contributed by atoms with E-state index in [1.165, 1.54) is 109 Å². The van der Waals surface area contributed by atoms with Gasteiger partial charge >= 0.3 is 0 Å². The Kier molecular flexibility index (Phi) is 14.8. The van der Waals surface area contributed by atoms with Crippen molar-refractivity contribution in [3.05, 3.63) is 12.4 Å². The van der Waals surface area contributed by atoms with Crippen LogP contribution in [0, 0.1) is 0 Å². The van der Waals surface area contributed by atoms with Crippen LogP contribution in [0.25, 0.3) is 0 Å². The minimum absolute atomic E-state index is 0.638. The minimum Gasteiger partial charge on any atom is -0.356 e. The second-order valence-electron chi connectivity index (χ2n) is 8.23. The molecule has 0 bridgehead atoms. The molecule has 0 aromatic carbocycles. The number of hydrogen-bond donors (Lipinski definition) is 0. The molecule has 0 aromatic rings. The van der Waals surface area contributed by atoms with Gasteiger partial charge in [-0.25, -0.2) is 0 Å². The molecule has 0 saturated heterocycles. The summed E-state index contributed by atoms with van der Waals surface area (Å²) in [5.41, 5.74) is 0. The quantitative estimate of drug-likeness (QED) is 0.230. The highest BCUT2D eigenvalue weighted by molar-refractivity contribution is 4.96. The van der Waals surface area contributed by atoms with E-state index in [1.54, 1.807) is 0 Å². The van der Waals surface area contributed by atoms with Crippen LogP contribution in [0.1, 0.15) is 124 Å². The Morgan fingerprint density at radius 2 is 1.00 bits per heavy atom.